The van der Waals surface area contributed by atoms with Crippen LogP contribution in [0.3, 0.4) is 0 Å². The van der Waals surface area contributed by atoms with Crippen molar-refractivity contribution in [2.24, 2.45) is 0 Å². The molecule has 0 aliphatic rings. The van der Waals surface area contributed by atoms with Crippen molar-refractivity contribution in [3.8, 4) is 0 Å². The fourth-order valence-corrected chi connectivity index (χ4v) is 1.75. The lowest BCUT2D eigenvalue weighted by Crippen LogP contribution is -1.94. The summed E-state index contributed by atoms with van der Waals surface area (Å²) in [5, 5.41) is 0. The zero-order valence-corrected chi connectivity index (χ0v) is 11.9. The molecule has 0 spiro atoms. The van der Waals surface area contributed by atoms with Gasteiger partial charge in [0, 0.05) is 12.4 Å². The van der Waals surface area contributed by atoms with Crippen molar-refractivity contribution in [3.63, 3.8) is 0 Å². The van der Waals surface area contributed by atoms with E-state index in [0.717, 1.165) is 6.42 Å². The van der Waals surface area contributed by atoms with Crippen LogP contribution in [0.15, 0.2) is 48.8 Å². The van der Waals surface area contributed by atoms with Crippen LogP contribution < -0.4 is 0 Å². The molecule has 0 saturated carbocycles. The Hall–Kier alpha value is -1.63. The van der Waals surface area contributed by atoms with Crippen LogP contribution in [-0.2, 0) is 6.42 Å². The molecule has 0 amide bonds. The standard InChI is InChI=1S/C15H17N.C2H6/c1-12(2)15-9-14(10-16-11-15)8-13-6-4-3-5-7-13;1-2/h3-7,9-12H,8H2,1-2H3;1-2H3. The second kappa shape index (κ2) is 7.65. The van der Waals surface area contributed by atoms with E-state index in [0.29, 0.717) is 5.92 Å². The molecule has 18 heavy (non-hydrogen) atoms. The van der Waals surface area contributed by atoms with E-state index in [1.54, 1.807) is 0 Å². The molecular weight excluding hydrogens is 218 g/mol. The maximum absolute atomic E-state index is 4.30. The van der Waals surface area contributed by atoms with Crippen LogP contribution in [0, 0.1) is 0 Å². The normalized spacial score (nSPS) is 9.83. The average molecular weight is 241 g/mol. The van der Waals surface area contributed by atoms with Crippen molar-refractivity contribution in [1.82, 2.24) is 4.98 Å². The number of rotatable bonds is 3. The van der Waals surface area contributed by atoms with Crippen LogP contribution >= 0.6 is 0 Å². The molecule has 0 radical (unpaired) electrons. The van der Waals surface area contributed by atoms with E-state index in [-0.39, 0.29) is 0 Å². The molecule has 0 unspecified atom stereocenters. The van der Waals surface area contributed by atoms with Crippen molar-refractivity contribution in [2.45, 2.75) is 40.0 Å². The van der Waals surface area contributed by atoms with Gasteiger partial charge in [-0.05, 0) is 29.0 Å². The van der Waals surface area contributed by atoms with E-state index in [4.69, 9.17) is 0 Å². The summed E-state index contributed by atoms with van der Waals surface area (Å²) in [7, 11) is 0. The number of nitrogens with zero attached hydrogens (tertiary/aromatic N) is 1. The Morgan fingerprint density at radius 2 is 1.61 bits per heavy atom. The molecule has 0 N–H and O–H groups in total. The zero-order valence-electron chi connectivity index (χ0n) is 11.9. The molecule has 1 heterocycles. The van der Waals surface area contributed by atoms with Crippen molar-refractivity contribution < 1.29 is 0 Å². The summed E-state index contributed by atoms with van der Waals surface area (Å²) < 4.78 is 0. The molecule has 2 aromatic rings. The summed E-state index contributed by atoms with van der Waals surface area (Å²) >= 11 is 0. The van der Waals surface area contributed by atoms with Gasteiger partial charge >= 0.3 is 0 Å². The number of aromatic nitrogens is 1. The van der Waals surface area contributed by atoms with Crippen molar-refractivity contribution in [1.29, 1.82) is 0 Å². The molecule has 0 aliphatic heterocycles. The maximum atomic E-state index is 4.30. The van der Waals surface area contributed by atoms with Gasteiger partial charge in [0.2, 0.25) is 0 Å². The van der Waals surface area contributed by atoms with Crippen LogP contribution in [0.2, 0.25) is 0 Å². The molecule has 1 aromatic heterocycles. The highest BCUT2D eigenvalue weighted by molar-refractivity contribution is 5.27. The second-order valence-corrected chi connectivity index (χ2v) is 4.44. The Morgan fingerprint density at radius 1 is 0.944 bits per heavy atom. The van der Waals surface area contributed by atoms with E-state index in [1.807, 2.05) is 32.3 Å². The first-order valence-electron chi connectivity index (χ1n) is 6.73. The molecule has 96 valence electrons. The minimum absolute atomic E-state index is 0.545. The molecule has 0 atom stereocenters. The number of hydrogen-bond acceptors (Lipinski definition) is 1. The van der Waals surface area contributed by atoms with Gasteiger partial charge < -0.3 is 0 Å². The smallest absolute Gasteiger partial charge is 0.0303 e. The number of benzene rings is 1. The van der Waals surface area contributed by atoms with Crippen LogP contribution in [0.25, 0.3) is 0 Å². The Balaban J connectivity index is 0.000000771. The molecule has 1 nitrogen and oxygen atoms in total. The molecule has 1 aromatic carbocycles. The topological polar surface area (TPSA) is 12.9 Å². The summed E-state index contributed by atoms with van der Waals surface area (Å²) in [5.41, 5.74) is 3.94. The quantitative estimate of drug-likeness (QED) is 0.750. The van der Waals surface area contributed by atoms with E-state index in [2.05, 4.69) is 49.2 Å². The van der Waals surface area contributed by atoms with Gasteiger partial charge in [0.1, 0.15) is 0 Å². The molecule has 0 aliphatic carbocycles. The van der Waals surface area contributed by atoms with Gasteiger partial charge in [0.15, 0.2) is 0 Å². The highest BCUT2D eigenvalue weighted by Crippen LogP contribution is 2.16. The zero-order chi connectivity index (χ0) is 13.4. The van der Waals surface area contributed by atoms with Crippen LogP contribution in [-0.4, -0.2) is 4.98 Å². The fourth-order valence-electron chi connectivity index (χ4n) is 1.75. The lowest BCUT2D eigenvalue weighted by molar-refractivity contribution is 0.853. The average Bonchev–Trinajstić information content (AvgIpc) is 2.42. The fraction of sp³-hybridized carbons (Fsp3) is 0.353. The van der Waals surface area contributed by atoms with Gasteiger partial charge in [0.05, 0.1) is 0 Å². The van der Waals surface area contributed by atoms with Gasteiger partial charge in [-0.3, -0.25) is 4.98 Å². The van der Waals surface area contributed by atoms with E-state index < -0.39 is 0 Å². The van der Waals surface area contributed by atoms with Crippen LogP contribution in [0.1, 0.15) is 50.3 Å². The van der Waals surface area contributed by atoms with Gasteiger partial charge in [0.25, 0.3) is 0 Å². The molecule has 0 saturated heterocycles. The van der Waals surface area contributed by atoms with Gasteiger partial charge in [-0.15, -0.1) is 0 Å². The van der Waals surface area contributed by atoms with E-state index in [1.165, 1.54) is 16.7 Å². The van der Waals surface area contributed by atoms with E-state index in [9.17, 15) is 0 Å². The summed E-state index contributed by atoms with van der Waals surface area (Å²) in [6, 6.07) is 12.8. The van der Waals surface area contributed by atoms with Crippen LogP contribution in [0.5, 0.6) is 0 Å². The number of hydrogen-bond donors (Lipinski definition) is 0. The Morgan fingerprint density at radius 3 is 2.22 bits per heavy atom. The Labute approximate surface area is 111 Å². The first-order chi connectivity index (χ1) is 8.75. The van der Waals surface area contributed by atoms with E-state index >= 15 is 0 Å². The maximum Gasteiger partial charge on any atom is 0.0303 e. The SMILES string of the molecule is CC.CC(C)c1cncc(Cc2ccccc2)c1. The highest BCUT2D eigenvalue weighted by atomic mass is 14.6. The molecule has 2 rings (SSSR count). The molecule has 0 fully saturated rings. The minimum Gasteiger partial charge on any atom is -0.264 e. The largest absolute Gasteiger partial charge is 0.264 e. The third-order valence-corrected chi connectivity index (χ3v) is 2.73. The first kappa shape index (κ1) is 14.4. The lowest BCUT2D eigenvalue weighted by atomic mass is 10.0. The summed E-state index contributed by atoms with van der Waals surface area (Å²) in [5.74, 6) is 0.545. The predicted octanol–water partition coefficient (Wildman–Crippen LogP) is 4.82. The summed E-state index contributed by atoms with van der Waals surface area (Å²) in [6.07, 6.45) is 4.88. The van der Waals surface area contributed by atoms with Gasteiger partial charge in [-0.1, -0.05) is 64.1 Å². The second-order valence-electron chi connectivity index (χ2n) is 4.44. The Kier molecular flexibility index (Phi) is 6.13. The monoisotopic (exact) mass is 241 g/mol. The molecule has 1 heteroatoms. The van der Waals surface area contributed by atoms with Gasteiger partial charge in [-0.2, -0.15) is 0 Å². The lowest BCUT2D eigenvalue weighted by Gasteiger charge is -2.07. The third-order valence-electron chi connectivity index (χ3n) is 2.73. The molecule has 0 bridgehead atoms. The van der Waals surface area contributed by atoms with Crippen molar-refractivity contribution in [2.75, 3.05) is 0 Å². The minimum atomic E-state index is 0.545. The van der Waals surface area contributed by atoms with Crippen molar-refractivity contribution in [3.05, 3.63) is 65.5 Å². The highest BCUT2D eigenvalue weighted by Gasteiger charge is 2.01. The third kappa shape index (κ3) is 4.33. The van der Waals surface area contributed by atoms with Gasteiger partial charge in [-0.25, -0.2) is 0 Å². The first-order valence-corrected chi connectivity index (χ1v) is 6.73. The summed E-state index contributed by atoms with van der Waals surface area (Å²) in [6.45, 7) is 8.40. The number of pyridine rings is 1. The molecular formula is C17H23N. The summed E-state index contributed by atoms with van der Waals surface area (Å²) in [4.78, 5) is 4.30. The van der Waals surface area contributed by atoms with Crippen molar-refractivity contribution >= 4 is 0 Å². The predicted molar refractivity (Wildman–Crippen MR) is 78.9 cm³/mol. The Bertz CT molecular complexity index is 446. The van der Waals surface area contributed by atoms with Crippen LogP contribution in [0.4, 0.5) is 0 Å².